The minimum atomic E-state index is 0.908. The lowest BCUT2D eigenvalue weighted by Gasteiger charge is -1.97. The van der Waals surface area contributed by atoms with Crippen LogP contribution in [0, 0.1) is 0 Å². The minimum absolute atomic E-state index is 0.908. The predicted molar refractivity (Wildman–Crippen MR) is 93.5 cm³/mol. The van der Waals surface area contributed by atoms with Crippen molar-refractivity contribution in [3.63, 3.8) is 0 Å². The Morgan fingerprint density at radius 2 is 1.91 bits per heavy atom. The quantitative estimate of drug-likeness (QED) is 0.547. The summed E-state index contributed by atoms with van der Waals surface area (Å²) in [5.74, 6) is 6.34. The molecule has 4 aromatic rings. The largest absolute Gasteiger partial charge is 0.456 e. The average Bonchev–Trinajstić information content (AvgIpc) is 3.04. The molecule has 0 aliphatic rings. The normalized spacial score (nSPS) is 13.9. The number of rotatable bonds is 1. The summed E-state index contributed by atoms with van der Waals surface area (Å²) in [5, 5.41) is 5.71. The third-order valence-corrected chi connectivity index (χ3v) is 4.27. The van der Waals surface area contributed by atoms with Crippen molar-refractivity contribution in [1.82, 2.24) is 4.68 Å². The van der Waals surface area contributed by atoms with E-state index in [2.05, 4.69) is 32.1 Å². The van der Waals surface area contributed by atoms with Gasteiger partial charge in [-0.2, -0.15) is 0 Å². The number of furan rings is 1. The van der Waals surface area contributed by atoms with Gasteiger partial charge in [-0.05, 0) is 31.5 Å². The summed E-state index contributed by atoms with van der Waals surface area (Å²) < 4.78 is 7.78. The van der Waals surface area contributed by atoms with Gasteiger partial charge >= 0.3 is 0 Å². The van der Waals surface area contributed by atoms with Crippen molar-refractivity contribution in [3.8, 4) is 0 Å². The molecule has 0 fully saturated rings. The Bertz CT molecular complexity index is 1130. The molecule has 22 heavy (non-hydrogen) atoms. The van der Waals surface area contributed by atoms with Crippen LogP contribution in [0.2, 0.25) is 0 Å². The number of nitrogen functional groups attached to an aromatic ring is 1. The highest BCUT2D eigenvalue weighted by Gasteiger charge is 2.14. The standard InChI is InChI=1S/C19H18N2O/c1-3-7-14-12(4-2)18-15(21(14)20)10-11-17-19(18)13-8-5-6-9-16(13)22-17/h4-11H,3,20H2,1-2H3. The zero-order valence-corrected chi connectivity index (χ0v) is 12.8. The molecule has 0 unspecified atom stereocenters. The lowest BCUT2D eigenvalue weighted by Crippen LogP contribution is -2.33. The van der Waals surface area contributed by atoms with Crippen molar-refractivity contribution < 1.29 is 4.42 Å². The zero-order chi connectivity index (χ0) is 15.3. The number of para-hydroxylation sites is 1. The van der Waals surface area contributed by atoms with Crippen LogP contribution in [0.25, 0.3) is 45.0 Å². The summed E-state index contributed by atoms with van der Waals surface area (Å²) in [7, 11) is 0. The van der Waals surface area contributed by atoms with E-state index < -0.39 is 0 Å². The van der Waals surface area contributed by atoms with Gasteiger partial charge in [-0.25, -0.2) is 0 Å². The van der Waals surface area contributed by atoms with Gasteiger partial charge in [-0.1, -0.05) is 37.3 Å². The summed E-state index contributed by atoms with van der Waals surface area (Å²) >= 11 is 0. The first-order valence-electron chi connectivity index (χ1n) is 7.62. The second-order valence-corrected chi connectivity index (χ2v) is 5.50. The molecule has 0 spiro atoms. The van der Waals surface area contributed by atoms with E-state index in [9.17, 15) is 0 Å². The molecule has 0 radical (unpaired) electrons. The lowest BCUT2D eigenvalue weighted by molar-refractivity contribution is 0.669. The minimum Gasteiger partial charge on any atom is -0.456 e. The molecular formula is C19H18N2O. The molecule has 0 amide bonds. The van der Waals surface area contributed by atoms with Crippen LogP contribution in [0.3, 0.4) is 0 Å². The van der Waals surface area contributed by atoms with Gasteiger partial charge in [0.15, 0.2) is 0 Å². The van der Waals surface area contributed by atoms with Crippen LogP contribution in [0.1, 0.15) is 20.3 Å². The number of nitrogens with zero attached hydrogens (tertiary/aromatic N) is 1. The summed E-state index contributed by atoms with van der Waals surface area (Å²) in [5.41, 5.74) is 2.86. The SMILES string of the molecule is CC=c1c(=CCC)n(N)c2ccc3oc4ccccc4c3c12. The highest BCUT2D eigenvalue weighted by atomic mass is 16.3. The van der Waals surface area contributed by atoms with Crippen molar-refractivity contribution in [3.05, 3.63) is 47.0 Å². The Hall–Kier alpha value is -2.68. The fourth-order valence-electron chi connectivity index (χ4n) is 3.36. The number of nitrogens with two attached hydrogens (primary N) is 1. The van der Waals surface area contributed by atoms with E-state index in [0.717, 1.165) is 39.2 Å². The van der Waals surface area contributed by atoms with Gasteiger partial charge in [0.1, 0.15) is 11.2 Å². The van der Waals surface area contributed by atoms with Crippen molar-refractivity contribution in [2.75, 3.05) is 5.84 Å². The van der Waals surface area contributed by atoms with E-state index in [1.54, 1.807) is 4.68 Å². The molecule has 0 saturated carbocycles. The van der Waals surface area contributed by atoms with Gasteiger partial charge in [0.05, 0.1) is 10.9 Å². The van der Waals surface area contributed by atoms with E-state index in [-0.39, 0.29) is 0 Å². The topological polar surface area (TPSA) is 44.1 Å². The molecule has 110 valence electrons. The molecule has 0 aliphatic carbocycles. The first kappa shape index (κ1) is 13.0. The molecular weight excluding hydrogens is 272 g/mol. The van der Waals surface area contributed by atoms with Crippen LogP contribution in [0.4, 0.5) is 0 Å². The number of hydrogen-bond acceptors (Lipinski definition) is 2. The highest BCUT2D eigenvalue weighted by molar-refractivity contribution is 6.18. The lowest BCUT2D eigenvalue weighted by atomic mass is 10.1. The molecule has 2 aromatic heterocycles. The fourth-order valence-corrected chi connectivity index (χ4v) is 3.36. The Labute approximate surface area is 127 Å². The Balaban J connectivity index is 2.40. The molecule has 0 atom stereocenters. The smallest absolute Gasteiger partial charge is 0.136 e. The van der Waals surface area contributed by atoms with E-state index in [1.807, 2.05) is 30.3 Å². The van der Waals surface area contributed by atoms with E-state index in [1.165, 1.54) is 10.6 Å². The van der Waals surface area contributed by atoms with Gasteiger partial charge < -0.3 is 10.3 Å². The maximum Gasteiger partial charge on any atom is 0.136 e. The molecule has 0 bridgehead atoms. The summed E-state index contributed by atoms with van der Waals surface area (Å²) in [4.78, 5) is 0. The van der Waals surface area contributed by atoms with Gasteiger partial charge in [-0.15, -0.1) is 0 Å². The van der Waals surface area contributed by atoms with Crippen LogP contribution >= 0.6 is 0 Å². The number of fused-ring (bicyclic) bond motifs is 5. The number of hydrogen-bond donors (Lipinski definition) is 1. The van der Waals surface area contributed by atoms with E-state index in [0.29, 0.717) is 0 Å². The Kier molecular flexibility index (Phi) is 2.76. The van der Waals surface area contributed by atoms with Gasteiger partial charge in [0.2, 0.25) is 0 Å². The van der Waals surface area contributed by atoms with Crippen LogP contribution in [-0.4, -0.2) is 4.68 Å². The monoisotopic (exact) mass is 290 g/mol. The molecule has 0 saturated heterocycles. The molecule has 2 N–H and O–H groups in total. The van der Waals surface area contributed by atoms with Gasteiger partial charge in [0, 0.05) is 21.4 Å². The van der Waals surface area contributed by atoms with Crippen LogP contribution < -0.4 is 16.4 Å². The highest BCUT2D eigenvalue weighted by Crippen LogP contribution is 2.32. The van der Waals surface area contributed by atoms with E-state index in [4.69, 9.17) is 10.3 Å². The zero-order valence-electron chi connectivity index (χ0n) is 12.8. The second-order valence-electron chi connectivity index (χ2n) is 5.50. The predicted octanol–water partition coefficient (Wildman–Crippen LogP) is 3.25. The third kappa shape index (κ3) is 1.56. The summed E-state index contributed by atoms with van der Waals surface area (Å²) in [6, 6.07) is 12.2. The van der Waals surface area contributed by atoms with Crippen LogP contribution in [0.5, 0.6) is 0 Å². The first-order chi connectivity index (χ1) is 10.8. The molecule has 0 aliphatic heterocycles. The summed E-state index contributed by atoms with van der Waals surface area (Å²) in [6.07, 6.45) is 5.25. The van der Waals surface area contributed by atoms with E-state index >= 15 is 0 Å². The van der Waals surface area contributed by atoms with Gasteiger partial charge in [0.25, 0.3) is 0 Å². The maximum absolute atomic E-state index is 6.34. The van der Waals surface area contributed by atoms with Crippen LogP contribution in [0.15, 0.2) is 40.8 Å². The van der Waals surface area contributed by atoms with Crippen molar-refractivity contribution in [2.24, 2.45) is 0 Å². The first-order valence-corrected chi connectivity index (χ1v) is 7.62. The molecule has 2 aromatic carbocycles. The van der Waals surface area contributed by atoms with Crippen molar-refractivity contribution >= 4 is 45.0 Å². The molecule has 2 heterocycles. The Morgan fingerprint density at radius 1 is 1.09 bits per heavy atom. The van der Waals surface area contributed by atoms with Gasteiger partial charge in [-0.3, -0.25) is 4.68 Å². The summed E-state index contributed by atoms with van der Waals surface area (Å²) in [6.45, 7) is 4.18. The Morgan fingerprint density at radius 3 is 2.68 bits per heavy atom. The van der Waals surface area contributed by atoms with Crippen molar-refractivity contribution in [1.29, 1.82) is 0 Å². The van der Waals surface area contributed by atoms with Crippen LogP contribution in [-0.2, 0) is 0 Å². The second kappa shape index (κ2) is 4.67. The third-order valence-electron chi connectivity index (χ3n) is 4.27. The maximum atomic E-state index is 6.34. The number of aromatic nitrogens is 1. The fraction of sp³-hybridized carbons (Fsp3) is 0.158. The molecule has 4 rings (SSSR count). The molecule has 3 nitrogen and oxygen atoms in total. The molecule has 3 heteroatoms. The van der Waals surface area contributed by atoms with Crippen molar-refractivity contribution in [2.45, 2.75) is 20.3 Å². The number of benzene rings is 2. The average molecular weight is 290 g/mol.